The van der Waals surface area contributed by atoms with E-state index < -0.39 is 12.0 Å². The fraction of sp³-hybridized carbons (Fsp3) is 0.455. The molecule has 1 aliphatic heterocycles. The van der Waals surface area contributed by atoms with Crippen molar-refractivity contribution in [3.8, 4) is 0 Å². The third kappa shape index (κ3) is 2.36. The minimum atomic E-state index is -1.07. The molecule has 92 valence electrons. The molecule has 17 heavy (non-hydrogen) atoms. The summed E-state index contributed by atoms with van der Waals surface area (Å²) in [4.78, 5) is 14.8. The molecule has 1 saturated heterocycles. The topological polar surface area (TPSA) is 56.7 Å². The van der Waals surface area contributed by atoms with Crippen LogP contribution in [0.3, 0.4) is 0 Å². The molecule has 1 aromatic heterocycles. The first-order valence-corrected chi connectivity index (χ1v) is 5.49. The van der Waals surface area contributed by atoms with Gasteiger partial charge in [0.25, 0.3) is 0 Å². The number of rotatable bonds is 2. The van der Waals surface area contributed by atoms with Gasteiger partial charge in [-0.15, -0.1) is 0 Å². The highest BCUT2D eigenvalue weighted by molar-refractivity contribution is 5.84. The first-order valence-electron chi connectivity index (χ1n) is 5.49. The first-order chi connectivity index (χ1) is 8.09. The fourth-order valence-corrected chi connectivity index (χ4v) is 1.95. The van der Waals surface area contributed by atoms with E-state index in [1.807, 2.05) is 0 Å². The lowest BCUT2D eigenvalue weighted by atomic mass is 10.3. The van der Waals surface area contributed by atoms with Gasteiger partial charge in [-0.1, -0.05) is 0 Å². The highest BCUT2D eigenvalue weighted by Crippen LogP contribution is 2.21. The number of nitrogens with zero attached hydrogens (tertiary/aromatic N) is 3. The summed E-state index contributed by atoms with van der Waals surface area (Å²) in [7, 11) is 0. The zero-order valence-corrected chi connectivity index (χ0v) is 9.56. The van der Waals surface area contributed by atoms with Crippen molar-refractivity contribution in [2.24, 2.45) is 0 Å². The van der Waals surface area contributed by atoms with E-state index in [0.29, 0.717) is 24.3 Å². The van der Waals surface area contributed by atoms with Crippen molar-refractivity contribution in [1.29, 1.82) is 0 Å². The van der Waals surface area contributed by atoms with Gasteiger partial charge in [-0.2, -0.15) is 4.39 Å². The zero-order valence-electron chi connectivity index (χ0n) is 9.56. The highest BCUT2D eigenvalue weighted by Gasteiger charge is 2.26. The van der Waals surface area contributed by atoms with Crippen molar-refractivity contribution in [3.63, 3.8) is 0 Å². The van der Waals surface area contributed by atoms with Crippen molar-refractivity contribution in [2.75, 3.05) is 18.1 Å². The van der Waals surface area contributed by atoms with Gasteiger partial charge in [0.2, 0.25) is 5.95 Å². The summed E-state index contributed by atoms with van der Waals surface area (Å²) in [5.41, 5.74) is 0.728. The maximum Gasteiger partial charge on any atom is 0.426 e. The second-order valence-corrected chi connectivity index (χ2v) is 4.06. The van der Waals surface area contributed by atoms with Crippen LogP contribution in [0.15, 0.2) is 12.3 Å². The number of anilines is 1. The van der Waals surface area contributed by atoms with E-state index in [0.717, 1.165) is 17.9 Å². The van der Waals surface area contributed by atoms with Gasteiger partial charge in [0, 0.05) is 18.7 Å². The number of pyridine rings is 1. The summed E-state index contributed by atoms with van der Waals surface area (Å²) < 4.78 is 13.0. The quantitative estimate of drug-likeness (QED) is 0.802. The molecule has 2 heterocycles. The monoisotopic (exact) mass is 239 g/mol. The van der Waals surface area contributed by atoms with Crippen LogP contribution in [0.2, 0.25) is 0 Å². The average Bonchev–Trinajstić information content (AvgIpc) is 2.76. The van der Waals surface area contributed by atoms with Gasteiger partial charge in [-0.05, 0) is 25.8 Å². The molecular weight excluding hydrogens is 225 g/mol. The molecule has 2 rings (SSSR count). The Kier molecular flexibility index (Phi) is 3.23. The molecule has 0 spiro atoms. The Morgan fingerprint density at radius 1 is 1.53 bits per heavy atom. The summed E-state index contributed by atoms with van der Waals surface area (Å²) in [5, 5.41) is 12.1. The molecule has 0 aliphatic carbocycles. The van der Waals surface area contributed by atoms with Crippen LogP contribution in [-0.2, 0) is 0 Å². The Labute approximate surface area is 98.4 Å². The highest BCUT2D eigenvalue weighted by atomic mass is 19.1. The predicted molar refractivity (Wildman–Crippen MR) is 60.2 cm³/mol. The summed E-state index contributed by atoms with van der Waals surface area (Å²) in [6, 6.07) is 1.49. The van der Waals surface area contributed by atoms with E-state index in [1.165, 1.54) is 12.3 Å². The molecule has 0 bridgehead atoms. The first kappa shape index (κ1) is 11.8. The number of carboxylic acid groups (broad SMARTS) is 1. The lowest BCUT2D eigenvalue weighted by Gasteiger charge is -2.28. The van der Waals surface area contributed by atoms with Gasteiger partial charge in [0.1, 0.15) is 0 Å². The Balaban J connectivity index is 2.31. The summed E-state index contributed by atoms with van der Waals surface area (Å²) in [6.07, 6.45) is 2.11. The second kappa shape index (κ2) is 4.67. The molecule has 6 heteroatoms. The van der Waals surface area contributed by atoms with Crippen molar-refractivity contribution in [3.05, 3.63) is 23.8 Å². The van der Waals surface area contributed by atoms with E-state index in [-0.39, 0.29) is 0 Å². The van der Waals surface area contributed by atoms with Gasteiger partial charge in [0.05, 0.1) is 11.9 Å². The van der Waals surface area contributed by atoms with Gasteiger partial charge in [-0.25, -0.2) is 19.8 Å². The molecule has 1 N–H and O–H groups in total. The number of hydrogen-bond donors (Lipinski definition) is 1. The Hall–Kier alpha value is -1.69. The molecule has 1 aromatic rings. The van der Waals surface area contributed by atoms with Crippen LogP contribution in [0.1, 0.15) is 18.4 Å². The molecule has 0 radical (unpaired) electrons. The maximum atomic E-state index is 13.0. The molecule has 0 unspecified atom stereocenters. The maximum absolute atomic E-state index is 13.0. The van der Waals surface area contributed by atoms with E-state index in [2.05, 4.69) is 4.98 Å². The van der Waals surface area contributed by atoms with Gasteiger partial charge >= 0.3 is 6.09 Å². The normalized spacial score (nSPS) is 16.1. The van der Waals surface area contributed by atoms with Crippen LogP contribution in [0.5, 0.6) is 0 Å². The Morgan fingerprint density at radius 3 is 2.71 bits per heavy atom. The van der Waals surface area contributed by atoms with Crippen molar-refractivity contribution in [2.45, 2.75) is 19.8 Å². The van der Waals surface area contributed by atoms with Crippen LogP contribution in [0.4, 0.5) is 14.9 Å². The van der Waals surface area contributed by atoms with Crippen molar-refractivity contribution in [1.82, 2.24) is 9.99 Å². The smallest absolute Gasteiger partial charge is 0.426 e. The molecule has 0 aromatic carbocycles. The molecule has 1 amide bonds. The summed E-state index contributed by atoms with van der Waals surface area (Å²) >= 11 is 0. The lowest BCUT2D eigenvalue weighted by molar-refractivity contribution is 0.178. The lowest BCUT2D eigenvalue weighted by Crippen LogP contribution is -2.44. The standard InChI is InChI=1S/C11H14FN3O2/c1-8-6-9(7-13-10(8)12)15(11(16)17)14-4-2-3-5-14/h6-7H,2-5H2,1H3,(H,16,17). The van der Waals surface area contributed by atoms with Crippen molar-refractivity contribution < 1.29 is 14.3 Å². The van der Waals surface area contributed by atoms with Crippen LogP contribution in [-0.4, -0.2) is 34.3 Å². The number of aryl methyl sites for hydroxylation is 1. The number of aromatic nitrogens is 1. The number of hydrazine groups is 1. The number of hydrogen-bond acceptors (Lipinski definition) is 3. The Bertz CT molecular complexity index is 433. The van der Waals surface area contributed by atoms with Gasteiger partial charge in [-0.3, -0.25) is 0 Å². The van der Waals surface area contributed by atoms with E-state index in [9.17, 15) is 14.3 Å². The van der Waals surface area contributed by atoms with Gasteiger partial charge < -0.3 is 5.11 Å². The summed E-state index contributed by atoms with van der Waals surface area (Å²) in [6.45, 7) is 2.96. The average molecular weight is 239 g/mol. The second-order valence-electron chi connectivity index (χ2n) is 4.06. The fourth-order valence-electron chi connectivity index (χ4n) is 1.95. The predicted octanol–water partition coefficient (Wildman–Crippen LogP) is 2.02. The summed E-state index contributed by atoms with van der Waals surface area (Å²) in [5.74, 6) is -0.569. The minimum Gasteiger partial charge on any atom is -0.464 e. The molecule has 1 fully saturated rings. The molecular formula is C11H14FN3O2. The molecule has 1 aliphatic rings. The molecule has 5 nitrogen and oxygen atoms in total. The van der Waals surface area contributed by atoms with E-state index >= 15 is 0 Å². The number of halogens is 1. The van der Waals surface area contributed by atoms with E-state index in [4.69, 9.17) is 0 Å². The van der Waals surface area contributed by atoms with E-state index in [1.54, 1.807) is 11.9 Å². The Morgan fingerprint density at radius 2 is 2.18 bits per heavy atom. The van der Waals surface area contributed by atoms with Crippen molar-refractivity contribution >= 4 is 11.8 Å². The zero-order chi connectivity index (χ0) is 12.4. The SMILES string of the molecule is Cc1cc(N(C(=O)O)N2CCCC2)cnc1F. The number of amides is 1. The largest absolute Gasteiger partial charge is 0.464 e. The number of carbonyl (C=O) groups is 1. The third-order valence-electron chi connectivity index (χ3n) is 2.79. The van der Waals surface area contributed by atoms with Crippen LogP contribution in [0, 0.1) is 12.9 Å². The van der Waals surface area contributed by atoms with Crippen LogP contribution >= 0.6 is 0 Å². The molecule has 0 saturated carbocycles. The van der Waals surface area contributed by atoms with Gasteiger partial charge in [0.15, 0.2) is 0 Å². The van der Waals surface area contributed by atoms with Crippen LogP contribution in [0.25, 0.3) is 0 Å². The molecule has 0 atom stereocenters. The third-order valence-corrected chi connectivity index (χ3v) is 2.79. The minimum absolute atomic E-state index is 0.341. The van der Waals surface area contributed by atoms with Crippen LogP contribution < -0.4 is 5.01 Å².